The molecule has 0 fully saturated rings. The Bertz CT molecular complexity index is 324. The number of nitrogens with one attached hydrogen (secondary N) is 1. The quantitative estimate of drug-likeness (QED) is 0.736. The van der Waals surface area contributed by atoms with Gasteiger partial charge in [-0.05, 0) is 32.4 Å². The van der Waals surface area contributed by atoms with Gasteiger partial charge in [-0.15, -0.1) is 0 Å². The van der Waals surface area contributed by atoms with E-state index in [1.54, 1.807) is 0 Å². The molecule has 1 N–H and O–H groups in total. The fourth-order valence-corrected chi connectivity index (χ4v) is 1.65. The third-order valence-corrected chi connectivity index (χ3v) is 2.53. The van der Waals surface area contributed by atoms with Crippen LogP contribution in [0.1, 0.15) is 25.8 Å². The Morgan fingerprint density at radius 3 is 2.71 bits per heavy atom. The van der Waals surface area contributed by atoms with Crippen LogP contribution in [0, 0.1) is 0 Å². The Balaban J connectivity index is 2.16. The van der Waals surface area contributed by atoms with Crippen LogP contribution in [0.4, 0.5) is 0 Å². The molecule has 1 unspecified atom stereocenters. The first kappa shape index (κ1) is 13.7. The molecule has 0 aliphatic heterocycles. The van der Waals surface area contributed by atoms with Gasteiger partial charge in [-0.3, -0.25) is 4.79 Å². The minimum atomic E-state index is -0.132. The number of carbonyl (C=O) groups is 1. The Kier molecular flexibility index (Phi) is 6.33. The van der Waals surface area contributed by atoms with Crippen molar-refractivity contribution in [1.29, 1.82) is 0 Å². The van der Waals surface area contributed by atoms with Crippen molar-refractivity contribution in [3.8, 4) is 0 Å². The summed E-state index contributed by atoms with van der Waals surface area (Å²) in [6.07, 6.45) is 1.41. The second-order valence-corrected chi connectivity index (χ2v) is 4.10. The molecule has 94 valence electrons. The monoisotopic (exact) mass is 235 g/mol. The highest BCUT2D eigenvalue weighted by atomic mass is 16.5. The molecule has 0 bridgehead atoms. The highest BCUT2D eigenvalue weighted by Gasteiger charge is 2.08. The lowest BCUT2D eigenvalue weighted by Crippen LogP contribution is -2.30. The molecule has 3 heteroatoms. The Morgan fingerprint density at radius 1 is 1.35 bits per heavy atom. The fourth-order valence-electron chi connectivity index (χ4n) is 1.65. The second kappa shape index (κ2) is 7.85. The summed E-state index contributed by atoms with van der Waals surface area (Å²) in [5.41, 5.74) is 1.31. The molecule has 0 aromatic heterocycles. The largest absolute Gasteiger partial charge is 0.466 e. The minimum absolute atomic E-state index is 0.132. The van der Waals surface area contributed by atoms with Gasteiger partial charge in [0.1, 0.15) is 0 Å². The van der Waals surface area contributed by atoms with E-state index in [2.05, 4.69) is 17.4 Å². The number of rotatable bonds is 7. The first-order valence-corrected chi connectivity index (χ1v) is 6.15. The molecule has 0 radical (unpaired) electrons. The highest BCUT2D eigenvalue weighted by Crippen LogP contribution is 1.99. The maximum Gasteiger partial charge on any atom is 0.307 e. The zero-order valence-electron chi connectivity index (χ0n) is 10.6. The lowest BCUT2D eigenvalue weighted by molar-refractivity contribution is -0.143. The van der Waals surface area contributed by atoms with Gasteiger partial charge in [0.15, 0.2) is 0 Å². The number of benzene rings is 1. The van der Waals surface area contributed by atoms with Crippen molar-refractivity contribution in [3.63, 3.8) is 0 Å². The molecule has 0 aliphatic carbocycles. The number of hydrogen-bond acceptors (Lipinski definition) is 3. The summed E-state index contributed by atoms with van der Waals surface area (Å²) in [6.45, 7) is 5.16. The molecule has 1 aromatic carbocycles. The van der Waals surface area contributed by atoms with Gasteiger partial charge in [0.25, 0.3) is 0 Å². The molecule has 17 heavy (non-hydrogen) atoms. The molecule has 3 nitrogen and oxygen atoms in total. The lowest BCUT2D eigenvalue weighted by Gasteiger charge is -2.12. The van der Waals surface area contributed by atoms with Crippen LogP contribution in [0.25, 0.3) is 0 Å². The van der Waals surface area contributed by atoms with Crippen LogP contribution in [0.15, 0.2) is 30.3 Å². The van der Waals surface area contributed by atoms with Crippen LogP contribution < -0.4 is 5.32 Å². The molecule has 0 saturated heterocycles. The van der Waals surface area contributed by atoms with E-state index in [0.29, 0.717) is 13.0 Å². The van der Waals surface area contributed by atoms with Gasteiger partial charge in [0.05, 0.1) is 13.0 Å². The first-order chi connectivity index (χ1) is 8.22. The van der Waals surface area contributed by atoms with Crippen LogP contribution in [-0.4, -0.2) is 25.2 Å². The minimum Gasteiger partial charge on any atom is -0.466 e. The summed E-state index contributed by atoms with van der Waals surface area (Å²) in [4.78, 5) is 11.2. The molecule has 0 heterocycles. The predicted molar refractivity (Wildman–Crippen MR) is 68.9 cm³/mol. The standard InChI is InChI=1S/C14H21NO2/c1-3-17-14(16)11-12(2)15-10-9-13-7-5-4-6-8-13/h4-8,12,15H,3,9-11H2,1-2H3. The first-order valence-electron chi connectivity index (χ1n) is 6.15. The molecule has 1 rings (SSSR count). The van der Waals surface area contributed by atoms with E-state index in [1.807, 2.05) is 32.0 Å². The van der Waals surface area contributed by atoms with Crippen molar-refractivity contribution in [1.82, 2.24) is 5.32 Å². The maximum atomic E-state index is 11.2. The topological polar surface area (TPSA) is 38.3 Å². The number of hydrogen-bond donors (Lipinski definition) is 1. The van der Waals surface area contributed by atoms with Crippen molar-refractivity contribution in [2.24, 2.45) is 0 Å². The highest BCUT2D eigenvalue weighted by molar-refractivity contribution is 5.69. The predicted octanol–water partition coefficient (Wildman–Crippen LogP) is 2.16. The molecular weight excluding hydrogens is 214 g/mol. The van der Waals surface area contributed by atoms with Gasteiger partial charge in [-0.2, -0.15) is 0 Å². The van der Waals surface area contributed by atoms with Crippen LogP contribution in [-0.2, 0) is 16.0 Å². The van der Waals surface area contributed by atoms with E-state index in [-0.39, 0.29) is 12.0 Å². The summed E-state index contributed by atoms with van der Waals surface area (Å²) in [5, 5.41) is 3.32. The molecular formula is C14H21NO2. The number of esters is 1. The van der Waals surface area contributed by atoms with Gasteiger partial charge < -0.3 is 10.1 Å². The second-order valence-electron chi connectivity index (χ2n) is 4.10. The van der Waals surface area contributed by atoms with Crippen molar-refractivity contribution < 1.29 is 9.53 Å². The third-order valence-electron chi connectivity index (χ3n) is 2.53. The average molecular weight is 235 g/mol. The van der Waals surface area contributed by atoms with Crippen LogP contribution in [0.3, 0.4) is 0 Å². The number of ether oxygens (including phenoxy) is 1. The van der Waals surface area contributed by atoms with E-state index < -0.39 is 0 Å². The normalized spacial score (nSPS) is 12.1. The SMILES string of the molecule is CCOC(=O)CC(C)NCCc1ccccc1. The molecule has 1 aromatic rings. The zero-order chi connectivity index (χ0) is 12.5. The molecule has 0 spiro atoms. The van der Waals surface area contributed by atoms with Gasteiger partial charge in [0, 0.05) is 6.04 Å². The molecule has 0 aliphatic rings. The maximum absolute atomic E-state index is 11.2. The third kappa shape index (κ3) is 6.07. The van der Waals surface area contributed by atoms with Crippen LogP contribution in [0.2, 0.25) is 0 Å². The Morgan fingerprint density at radius 2 is 2.06 bits per heavy atom. The fraction of sp³-hybridized carbons (Fsp3) is 0.500. The van der Waals surface area contributed by atoms with Crippen molar-refractivity contribution in [3.05, 3.63) is 35.9 Å². The summed E-state index contributed by atoms with van der Waals surface area (Å²) in [7, 11) is 0. The van der Waals surface area contributed by atoms with Crippen molar-refractivity contribution >= 4 is 5.97 Å². The summed E-state index contributed by atoms with van der Waals surface area (Å²) < 4.78 is 4.90. The van der Waals surface area contributed by atoms with Gasteiger partial charge in [-0.25, -0.2) is 0 Å². The average Bonchev–Trinajstić information content (AvgIpc) is 2.30. The van der Waals surface area contributed by atoms with Gasteiger partial charge >= 0.3 is 5.97 Å². The van der Waals surface area contributed by atoms with E-state index in [4.69, 9.17) is 4.74 Å². The smallest absolute Gasteiger partial charge is 0.307 e. The zero-order valence-corrected chi connectivity index (χ0v) is 10.6. The van der Waals surface area contributed by atoms with E-state index in [1.165, 1.54) is 5.56 Å². The lowest BCUT2D eigenvalue weighted by atomic mass is 10.1. The molecule has 0 saturated carbocycles. The van der Waals surface area contributed by atoms with Crippen LogP contribution >= 0.6 is 0 Å². The number of carbonyl (C=O) groups excluding carboxylic acids is 1. The van der Waals surface area contributed by atoms with E-state index >= 15 is 0 Å². The van der Waals surface area contributed by atoms with E-state index in [9.17, 15) is 4.79 Å². The molecule has 1 atom stereocenters. The summed E-state index contributed by atoms with van der Waals surface area (Å²) in [6, 6.07) is 10.5. The van der Waals surface area contributed by atoms with E-state index in [0.717, 1.165) is 13.0 Å². The van der Waals surface area contributed by atoms with Gasteiger partial charge in [0.2, 0.25) is 0 Å². The van der Waals surface area contributed by atoms with Crippen molar-refractivity contribution in [2.45, 2.75) is 32.7 Å². The summed E-state index contributed by atoms with van der Waals surface area (Å²) >= 11 is 0. The van der Waals surface area contributed by atoms with Crippen LogP contribution in [0.5, 0.6) is 0 Å². The molecule has 0 amide bonds. The Labute approximate surface area is 103 Å². The van der Waals surface area contributed by atoms with Crippen molar-refractivity contribution in [2.75, 3.05) is 13.2 Å². The summed E-state index contributed by atoms with van der Waals surface area (Å²) in [5.74, 6) is -0.132. The van der Waals surface area contributed by atoms with Gasteiger partial charge in [-0.1, -0.05) is 30.3 Å². The Hall–Kier alpha value is -1.35.